The summed E-state index contributed by atoms with van der Waals surface area (Å²) in [4.78, 5) is 0. The van der Waals surface area contributed by atoms with Crippen molar-refractivity contribution in [3.63, 3.8) is 0 Å². The first-order chi connectivity index (χ1) is 6.81. The number of rotatable bonds is 2. The molecule has 0 amide bonds. The summed E-state index contributed by atoms with van der Waals surface area (Å²) in [5.41, 5.74) is 8.01. The van der Waals surface area contributed by atoms with Gasteiger partial charge in [0.15, 0.2) is 0 Å². The van der Waals surface area contributed by atoms with Crippen molar-refractivity contribution >= 4 is 11.8 Å². The van der Waals surface area contributed by atoms with Crippen molar-refractivity contribution in [3.05, 3.63) is 17.5 Å². The molecular formula is C10H17N3S. The van der Waals surface area contributed by atoms with Crippen molar-refractivity contribution in [2.75, 3.05) is 11.5 Å². The zero-order chi connectivity index (χ0) is 9.97. The summed E-state index contributed by atoms with van der Waals surface area (Å²) in [6, 6.07) is 2.17. The number of nitrogens with zero attached hydrogens (tertiary/aromatic N) is 2. The smallest absolute Gasteiger partial charge is 0.0659 e. The van der Waals surface area contributed by atoms with Crippen LogP contribution in [-0.2, 0) is 13.6 Å². The lowest BCUT2D eigenvalue weighted by molar-refractivity contribution is 0.597. The quantitative estimate of drug-likeness (QED) is 0.806. The Morgan fingerprint density at radius 1 is 1.57 bits per heavy atom. The largest absolute Gasteiger partial charge is 0.325 e. The van der Waals surface area contributed by atoms with Crippen LogP contribution >= 0.6 is 11.8 Å². The third-order valence-electron chi connectivity index (χ3n) is 2.84. The van der Waals surface area contributed by atoms with Gasteiger partial charge in [-0.2, -0.15) is 16.9 Å². The molecule has 1 aliphatic rings. The molecule has 0 aliphatic carbocycles. The summed E-state index contributed by atoms with van der Waals surface area (Å²) in [6.07, 6.45) is 2.54. The second-order valence-electron chi connectivity index (χ2n) is 3.77. The summed E-state index contributed by atoms with van der Waals surface area (Å²) in [7, 11) is 1.98. The van der Waals surface area contributed by atoms with E-state index in [0.29, 0.717) is 12.5 Å². The average Bonchev–Trinajstić information content (AvgIpc) is 2.61. The van der Waals surface area contributed by atoms with E-state index in [-0.39, 0.29) is 0 Å². The minimum atomic E-state index is 0.588. The molecule has 2 heterocycles. The molecule has 2 rings (SSSR count). The van der Waals surface area contributed by atoms with Crippen molar-refractivity contribution in [2.45, 2.75) is 25.3 Å². The molecule has 78 valence electrons. The Kier molecular flexibility index (Phi) is 3.13. The van der Waals surface area contributed by atoms with Crippen LogP contribution in [0.25, 0.3) is 0 Å². The van der Waals surface area contributed by atoms with Gasteiger partial charge in [0.1, 0.15) is 0 Å². The first-order valence-corrected chi connectivity index (χ1v) is 6.27. The third-order valence-corrected chi connectivity index (χ3v) is 3.89. The molecule has 0 spiro atoms. The number of thioether (sulfide) groups is 1. The lowest BCUT2D eigenvalue weighted by Crippen LogP contribution is -2.08. The maximum atomic E-state index is 5.63. The van der Waals surface area contributed by atoms with Gasteiger partial charge in [-0.05, 0) is 30.4 Å². The van der Waals surface area contributed by atoms with Crippen molar-refractivity contribution in [1.82, 2.24) is 9.78 Å². The molecule has 1 aromatic rings. The normalized spacial score (nSPS) is 18.7. The van der Waals surface area contributed by atoms with Gasteiger partial charge < -0.3 is 5.73 Å². The summed E-state index contributed by atoms with van der Waals surface area (Å²) < 4.78 is 1.91. The van der Waals surface area contributed by atoms with E-state index in [0.717, 1.165) is 5.69 Å². The summed E-state index contributed by atoms with van der Waals surface area (Å²) in [5, 5.41) is 4.53. The Morgan fingerprint density at radius 3 is 2.86 bits per heavy atom. The van der Waals surface area contributed by atoms with E-state index in [2.05, 4.69) is 22.9 Å². The monoisotopic (exact) mass is 211 g/mol. The molecule has 1 aromatic heterocycles. The first-order valence-electron chi connectivity index (χ1n) is 5.12. The van der Waals surface area contributed by atoms with Crippen molar-refractivity contribution in [3.8, 4) is 0 Å². The molecule has 1 aliphatic heterocycles. The molecule has 1 fully saturated rings. The van der Waals surface area contributed by atoms with Crippen LogP contribution in [0, 0.1) is 0 Å². The lowest BCUT2D eigenvalue weighted by Gasteiger charge is -2.18. The SMILES string of the molecule is Cn1nc(C2CCSCC2)cc1CN. The van der Waals surface area contributed by atoms with Gasteiger partial charge in [0, 0.05) is 19.5 Å². The fourth-order valence-electron chi connectivity index (χ4n) is 1.91. The van der Waals surface area contributed by atoms with Gasteiger partial charge in [-0.25, -0.2) is 0 Å². The molecule has 1 saturated heterocycles. The minimum Gasteiger partial charge on any atom is -0.325 e. The maximum Gasteiger partial charge on any atom is 0.0659 e. The van der Waals surface area contributed by atoms with E-state index in [9.17, 15) is 0 Å². The van der Waals surface area contributed by atoms with Gasteiger partial charge in [0.2, 0.25) is 0 Å². The van der Waals surface area contributed by atoms with Crippen LogP contribution in [0.15, 0.2) is 6.07 Å². The van der Waals surface area contributed by atoms with Crippen molar-refractivity contribution in [1.29, 1.82) is 0 Å². The minimum absolute atomic E-state index is 0.588. The molecular weight excluding hydrogens is 194 g/mol. The van der Waals surface area contributed by atoms with E-state index >= 15 is 0 Å². The van der Waals surface area contributed by atoms with E-state index in [4.69, 9.17) is 5.73 Å². The fraction of sp³-hybridized carbons (Fsp3) is 0.700. The molecule has 0 bridgehead atoms. The van der Waals surface area contributed by atoms with Crippen LogP contribution < -0.4 is 5.73 Å². The predicted octanol–water partition coefficient (Wildman–Crippen LogP) is 1.49. The highest BCUT2D eigenvalue weighted by Gasteiger charge is 2.18. The molecule has 3 nitrogen and oxygen atoms in total. The van der Waals surface area contributed by atoms with Crippen LogP contribution in [0.5, 0.6) is 0 Å². The van der Waals surface area contributed by atoms with Crippen LogP contribution in [0.2, 0.25) is 0 Å². The van der Waals surface area contributed by atoms with Crippen LogP contribution in [-0.4, -0.2) is 21.3 Å². The van der Waals surface area contributed by atoms with Crippen molar-refractivity contribution < 1.29 is 0 Å². The van der Waals surface area contributed by atoms with Gasteiger partial charge in [-0.15, -0.1) is 0 Å². The maximum absolute atomic E-state index is 5.63. The zero-order valence-corrected chi connectivity index (χ0v) is 9.39. The molecule has 0 aromatic carbocycles. The highest BCUT2D eigenvalue weighted by atomic mass is 32.2. The highest BCUT2D eigenvalue weighted by molar-refractivity contribution is 7.99. The highest BCUT2D eigenvalue weighted by Crippen LogP contribution is 2.30. The second kappa shape index (κ2) is 4.36. The number of aromatic nitrogens is 2. The topological polar surface area (TPSA) is 43.8 Å². The second-order valence-corrected chi connectivity index (χ2v) is 5.00. The number of hydrogen-bond donors (Lipinski definition) is 1. The molecule has 0 saturated carbocycles. The molecule has 2 N–H and O–H groups in total. The number of nitrogens with two attached hydrogens (primary N) is 1. The Bertz CT molecular complexity index is 302. The van der Waals surface area contributed by atoms with Gasteiger partial charge in [0.05, 0.1) is 11.4 Å². The lowest BCUT2D eigenvalue weighted by atomic mass is 9.99. The Hall–Kier alpha value is -0.480. The van der Waals surface area contributed by atoms with Crippen molar-refractivity contribution in [2.24, 2.45) is 12.8 Å². The first kappa shape index (κ1) is 10.1. The molecule has 0 atom stereocenters. The molecule has 4 heteroatoms. The van der Waals surface area contributed by atoms with Crippen LogP contribution in [0.4, 0.5) is 0 Å². The Balaban J connectivity index is 2.14. The van der Waals surface area contributed by atoms with E-state index in [1.165, 1.54) is 30.0 Å². The van der Waals surface area contributed by atoms with E-state index < -0.39 is 0 Å². The Labute approximate surface area is 89.1 Å². The van der Waals surface area contributed by atoms with Gasteiger partial charge in [-0.3, -0.25) is 4.68 Å². The standard InChI is InChI=1S/C10H17N3S/c1-13-9(7-11)6-10(12-13)8-2-4-14-5-3-8/h6,8H,2-5,7,11H2,1H3. The van der Waals surface area contributed by atoms with E-state index in [1.54, 1.807) is 0 Å². The number of hydrogen-bond acceptors (Lipinski definition) is 3. The summed E-state index contributed by atoms with van der Waals surface area (Å²) in [6.45, 7) is 0.588. The molecule has 0 radical (unpaired) electrons. The van der Waals surface area contributed by atoms with Crippen LogP contribution in [0.1, 0.15) is 30.1 Å². The Morgan fingerprint density at radius 2 is 2.29 bits per heavy atom. The summed E-state index contributed by atoms with van der Waals surface area (Å²) in [5.74, 6) is 3.22. The van der Waals surface area contributed by atoms with E-state index in [1.807, 2.05) is 11.7 Å². The molecule has 0 unspecified atom stereocenters. The zero-order valence-electron chi connectivity index (χ0n) is 8.57. The molecule has 14 heavy (non-hydrogen) atoms. The number of aryl methyl sites for hydroxylation is 1. The fourth-order valence-corrected chi connectivity index (χ4v) is 3.02. The predicted molar refractivity (Wildman–Crippen MR) is 60.4 cm³/mol. The summed E-state index contributed by atoms with van der Waals surface area (Å²) >= 11 is 2.05. The van der Waals surface area contributed by atoms with Gasteiger partial charge >= 0.3 is 0 Å². The third kappa shape index (κ3) is 1.96. The van der Waals surface area contributed by atoms with Crippen LogP contribution in [0.3, 0.4) is 0 Å². The van der Waals surface area contributed by atoms with Gasteiger partial charge in [-0.1, -0.05) is 0 Å². The van der Waals surface area contributed by atoms with Gasteiger partial charge in [0.25, 0.3) is 0 Å². The average molecular weight is 211 g/mol.